The van der Waals surface area contributed by atoms with E-state index in [1.54, 1.807) is 0 Å². The number of carbonyl (C=O) groups excluding carboxylic acids is 1. The van der Waals surface area contributed by atoms with E-state index in [4.69, 9.17) is 0 Å². The number of allylic oxidation sites excluding steroid dienone is 2. The molecule has 0 radical (unpaired) electrons. The Morgan fingerprint density at radius 1 is 0.852 bits per heavy atom. The predicted octanol–water partition coefficient (Wildman–Crippen LogP) is 6.78. The normalized spacial score (nSPS) is 15.8. The number of unbranched alkanes of at least 4 members (excludes halogenated alkanes) is 9. The maximum Gasteiger partial charge on any atom is 0.238 e. The van der Waals surface area contributed by atoms with Gasteiger partial charge in [0, 0.05) is 6.42 Å². The largest absolute Gasteiger partial charge is 0.299 e. The molecule has 1 atom stereocenters. The standard InChI is InChI=1S/C24H38N2O/c27-24(26-25-23-19-11-9-12-20-23)21-13-8-6-4-2-1-3-5-7-10-16-22-17-14-15-18-22/h9,11-12,14,17,19-20,22,25H,1-8,10,13,15-16,18,21H2,(H,26,27)/t22-/m1/s1. The molecule has 0 unspecified atom stereocenters. The minimum absolute atomic E-state index is 0.0759. The molecule has 1 aromatic carbocycles. The third-order valence-corrected chi connectivity index (χ3v) is 5.46. The van der Waals surface area contributed by atoms with Gasteiger partial charge in [-0.2, -0.15) is 0 Å². The van der Waals surface area contributed by atoms with Crippen molar-refractivity contribution in [3.8, 4) is 0 Å². The van der Waals surface area contributed by atoms with Crippen molar-refractivity contribution in [1.82, 2.24) is 5.43 Å². The van der Waals surface area contributed by atoms with E-state index in [0.717, 1.165) is 24.4 Å². The molecule has 3 nitrogen and oxygen atoms in total. The molecule has 3 heteroatoms. The van der Waals surface area contributed by atoms with Gasteiger partial charge in [0.1, 0.15) is 0 Å². The van der Waals surface area contributed by atoms with Crippen LogP contribution in [0, 0.1) is 5.92 Å². The van der Waals surface area contributed by atoms with Gasteiger partial charge in [-0.15, -0.1) is 0 Å². The molecule has 1 aliphatic rings. The Bertz CT molecular complexity index is 526. The summed E-state index contributed by atoms with van der Waals surface area (Å²) in [7, 11) is 0. The van der Waals surface area contributed by atoms with Crippen molar-refractivity contribution in [2.24, 2.45) is 5.92 Å². The number of nitrogens with one attached hydrogen (secondary N) is 2. The van der Waals surface area contributed by atoms with E-state index >= 15 is 0 Å². The van der Waals surface area contributed by atoms with Gasteiger partial charge in [-0.25, -0.2) is 0 Å². The van der Waals surface area contributed by atoms with Crippen molar-refractivity contribution in [3.05, 3.63) is 42.5 Å². The number of amides is 1. The average Bonchev–Trinajstić information content (AvgIpc) is 3.21. The van der Waals surface area contributed by atoms with Crippen LogP contribution < -0.4 is 10.9 Å². The fourth-order valence-electron chi connectivity index (χ4n) is 3.77. The highest BCUT2D eigenvalue weighted by Crippen LogP contribution is 2.23. The zero-order chi connectivity index (χ0) is 19.0. The number of hydrogen-bond donors (Lipinski definition) is 2. The van der Waals surface area contributed by atoms with Crippen molar-refractivity contribution >= 4 is 11.6 Å². The highest BCUT2D eigenvalue weighted by Gasteiger charge is 2.07. The summed E-state index contributed by atoms with van der Waals surface area (Å²) >= 11 is 0. The molecule has 1 aromatic rings. The summed E-state index contributed by atoms with van der Waals surface area (Å²) in [5.41, 5.74) is 6.62. The zero-order valence-corrected chi connectivity index (χ0v) is 16.9. The molecule has 2 rings (SSSR count). The van der Waals surface area contributed by atoms with Gasteiger partial charge in [0.25, 0.3) is 0 Å². The van der Waals surface area contributed by atoms with Gasteiger partial charge in [-0.3, -0.25) is 15.6 Å². The Hall–Kier alpha value is -1.77. The van der Waals surface area contributed by atoms with Crippen LogP contribution >= 0.6 is 0 Å². The molecule has 0 spiro atoms. The van der Waals surface area contributed by atoms with Gasteiger partial charge < -0.3 is 0 Å². The molecule has 1 amide bonds. The van der Waals surface area contributed by atoms with Crippen molar-refractivity contribution in [2.75, 3.05) is 5.43 Å². The minimum atomic E-state index is 0.0759. The lowest BCUT2D eigenvalue weighted by Crippen LogP contribution is -2.28. The van der Waals surface area contributed by atoms with Crippen LogP contribution in [0.15, 0.2) is 42.5 Å². The van der Waals surface area contributed by atoms with Gasteiger partial charge in [0.2, 0.25) is 5.91 Å². The van der Waals surface area contributed by atoms with Crippen molar-refractivity contribution in [1.29, 1.82) is 0 Å². The Balaban J connectivity index is 1.29. The fourth-order valence-corrected chi connectivity index (χ4v) is 3.77. The molecule has 2 N–H and O–H groups in total. The van der Waals surface area contributed by atoms with Crippen LogP contribution in [-0.4, -0.2) is 5.91 Å². The van der Waals surface area contributed by atoms with Crippen LogP contribution in [-0.2, 0) is 4.79 Å². The average molecular weight is 371 g/mol. The zero-order valence-electron chi connectivity index (χ0n) is 16.9. The molecule has 0 bridgehead atoms. The summed E-state index contributed by atoms with van der Waals surface area (Å²) < 4.78 is 0. The molecule has 0 aromatic heterocycles. The van der Waals surface area contributed by atoms with E-state index in [0.29, 0.717) is 6.42 Å². The highest BCUT2D eigenvalue weighted by molar-refractivity contribution is 5.77. The summed E-state index contributed by atoms with van der Waals surface area (Å²) in [5.74, 6) is 0.966. The molecular formula is C24H38N2O. The number of carbonyl (C=O) groups is 1. The Kier molecular flexibility index (Phi) is 11.4. The third kappa shape index (κ3) is 10.8. The van der Waals surface area contributed by atoms with Crippen LogP contribution in [0.3, 0.4) is 0 Å². The lowest BCUT2D eigenvalue weighted by atomic mass is 9.99. The molecule has 0 heterocycles. The second kappa shape index (κ2) is 14.3. The van der Waals surface area contributed by atoms with Crippen molar-refractivity contribution in [2.45, 2.75) is 89.9 Å². The molecule has 27 heavy (non-hydrogen) atoms. The first-order valence-corrected chi connectivity index (χ1v) is 11.1. The minimum Gasteiger partial charge on any atom is -0.299 e. The second-order valence-electron chi connectivity index (χ2n) is 7.88. The molecule has 150 valence electrons. The Morgan fingerprint density at radius 2 is 1.48 bits per heavy atom. The summed E-state index contributed by atoms with van der Waals surface area (Å²) in [6.45, 7) is 0. The first-order chi connectivity index (χ1) is 13.3. The van der Waals surface area contributed by atoms with E-state index < -0.39 is 0 Å². The van der Waals surface area contributed by atoms with Crippen LogP contribution in [0.1, 0.15) is 89.9 Å². The summed E-state index contributed by atoms with van der Waals surface area (Å²) in [4.78, 5) is 11.8. The van der Waals surface area contributed by atoms with Crippen molar-refractivity contribution in [3.63, 3.8) is 0 Å². The maximum absolute atomic E-state index is 11.8. The highest BCUT2D eigenvalue weighted by atomic mass is 16.2. The van der Waals surface area contributed by atoms with E-state index in [-0.39, 0.29) is 5.91 Å². The smallest absolute Gasteiger partial charge is 0.238 e. The van der Waals surface area contributed by atoms with E-state index in [9.17, 15) is 4.79 Å². The molecule has 1 aliphatic carbocycles. The number of hydrogen-bond acceptors (Lipinski definition) is 2. The number of rotatable bonds is 15. The van der Waals surface area contributed by atoms with Gasteiger partial charge in [-0.05, 0) is 43.7 Å². The Morgan fingerprint density at radius 3 is 2.11 bits per heavy atom. The van der Waals surface area contributed by atoms with Crippen LogP contribution in [0.4, 0.5) is 5.69 Å². The molecule has 0 fully saturated rings. The lowest BCUT2D eigenvalue weighted by molar-refractivity contribution is -0.120. The monoisotopic (exact) mass is 370 g/mol. The summed E-state index contributed by atoms with van der Waals surface area (Å²) in [6.07, 6.45) is 22.6. The Labute approximate surface area is 166 Å². The predicted molar refractivity (Wildman–Crippen MR) is 115 cm³/mol. The van der Waals surface area contributed by atoms with Crippen LogP contribution in [0.5, 0.6) is 0 Å². The first kappa shape index (κ1) is 21.5. The van der Waals surface area contributed by atoms with Crippen molar-refractivity contribution < 1.29 is 4.79 Å². The van der Waals surface area contributed by atoms with E-state index in [1.807, 2.05) is 30.3 Å². The lowest BCUT2D eigenvalue weighted by Gasteiger charge is -2.08. The van der Waals surface area contributed by atoms with Gasteiger partial charge >= 0.3 is 0 Å². The molecule has 0 aliphatic heterocycles. The third-order valence-electron chi connectivity index (χ3n) is 5.46. The maximum atomic E-state index is 11.8. The van der Waals surface area contributed by atoms with Crippen LogP contribution in [0.25, 0.3) is 0 Å². The SMILES string of the molecule is O=C(CCCCCCCCCCCC[C@@H]1C=CCC1)NNc1ccccc1. The van der Waals surface area contributed by atoms with Gasteiger partial charge in [0.15, 0.2) is 0 Å². The van der Waals surface area contributed by atoms with E-state index in [1.165, 1.54) is 70.6 Å². The number of benzene rings is 1. The fraction of sp³-hybridized carbons (Fsp3) is 0.625. The number of para-hydroxylation sites is 1. The second-order valence-corrected chi connectivity index (χ2v) is 7.88. The quantitative estimate of drug-likeness (QED) is 0.203. The van der Waals surface area contributed by atoms with E-state index in [2.05, 4.69) is 23.0 Å². The summed E-state index contributed by atoms with van der Waals surface area (Å²) in [6, 6.07) is 9.73. The summed E-state index contributed by atoms with van der Waals surface area (Å²) in [5, 5.41) is 0. The van der Waals surface area contributed by atoms with Gasteiger partial charge in [0.05, 0.1) is 5.69 Å². The van der Waals surface area contributed by atoms with Gasteiger partial charge in [-0.1, -0.05) is 88.1 Å². The number of anilines is 1. The number of hydrazine groups is 1. The first-order valence-electron chi connectivity index (χ1n) is 11.1. The molecular weight excluding hydrogens is 332 g/mol. The molecule has 0 saturated carbocycles. The topological polar surface area (TPSA) is 41.1 Å². The molecule has 0 saturated heterocycles. The van der Waals surface area contributed by atoms with Crippen LogP contribution in [0.2, 0.25) is 0 Å².